The van der Waals surface area contributed by atoms with Crippen molar-refractivity contribution in [1.82, 2.24) is 4.57 Å². The van der Waals surface area contributed by atoms with E-state index in [1.165, 1.54) is 7.11 Å². The van der Waals surface area contributed by atoms with Crippen molar-refractivity contribution in [2.75, 3.05) is 13.7 Å². The van der Waals surface area contributed by atoms with E-state index in [4.69, 9.17) is 4.74 Å². The molecule has 2 rings (SSSR count). The molecule has 0 saturated carbocycles. The maximum atomic E-state index is 11.3. The third-order valence-corrected chi connectivity index (χ3v) is 5.21. The van der Waals surface area contributed by atoms with Crippen LogP contribution < -0.4 is 0 Å². The van der Waals surface area contributed by atoms with Gasteiger partial charge in [-0.2, -0.15) is 0 Å². The van der Waals surface area contributed by atoms with Crippen LogP contribution in [0.4, 0.5) is 0 Å². The highest BCUT2D eigenvalue weighted by Gasteiger charge is 2.13. The maximum Gasteiger partial charge on any atom is 0.384 e. The second kappa shape index (κ2) is 7.49. The molecule has 122 valence electrons. The largest absolute Gasteiger partial charge is 0.459 e. The first-order valence-electron chi connectivity index (χ1n) is 7.67. The number of nitrogens with zero attached hydrogens (tertiary/aromatic N) is 1. The third kappa shape index (κ3) is 4.98. The van der Waals surface area contributed by atoms with E-state index in [1.807, 2.05) is 34.9 Å². The Kier molecular flexibility index (Phi) is 5.64. The van der Waals surface area contributed by atoms with Gasteiger partial charge in [-0.25, -0.2) is 4.79 Å². The summed E-state index contributed by atoms with van der Waals surface area (Å²) in [7, 11) is 0.220. The van der Waals surface area contributed by atoms with Crippen molar-refractivity contribution in [2.24, 2.45) is 0 Å². The summed E-state index contributed by atoms with van der Waals surface area (Å²) in [4.78, 5) is 11.3. The van der Waals surface area contributed by atoms with Gasteiger partial charge in [0, 0.05) is 26.0 Å². The Bertz CT molecular complexity index is 747. The molecule has 1 heterocycles. The van der Waals surface area contributed by atoms with E-state index in [1.54, 1.807) is 0 Å². The van der Waals surface area contributed by atoms with E-state index in [2.05, 4.69) is 36.2 Å². The van der Waals surface area contributed by atoms with Crippen molar-refractivity contribution in [3.05, 3.63) is 36.0 Å². The molecule has 4 nitrogen and oxygen atoms in total. The second-order valence-electron chi connectivity index (χ2n) is 6.61. The molecule has 0 bridgehead atoms. The van der Waals surface area contributed by atoms with E-state index in [9.17, 15) is 4.79 Å². The van der Waals surface area contributed by atoms with Gasteiger partial charge in [0.2, 0.25) is 0 Å². The Hall–Kier alpha value is -2.03. The van der Waals surface area contributed by atoms with Gasteiger partial charge in [-0.3, -0.25) is 0 Å². The first-order chi connectivity index (χ1) is 10.9. The molecule has 5 heteroatoms. The van der Waals surface area contributed by atoms with Gasteiger partial charge in [-0.05, 0) is 24.1 Å². The second-order valence-corrected chi connectivity index (χ2v) is 12.2. The Morgan fingerprint density at radius 2 is 2.00 bits per heavy atom. The fraction of sp³-hybridized carbons (Fsp3) is 0.389. The van der Waals surface area contributed by atoms with Gasteiger partial charge in [0.15, 0.2) is 0 Å². The predicted molar refractivity (Wildman–Crippen MR) is 94.9 cm³/mol. The number of hydrogen-bond acceptors (Lipinski definition) is 3. The van der Waals surface area contributed by atoms with Crippen LogP contribution in [0.2, 0.25) is 25.7 Å². The summed E-state index contributed by atoms with van der Waals surface area (Å²) >= 11 is 0. The SMILES string of the molecule is COC(=O)C#Cc1cc2ccccc2n1COCC[Si](C)(C)C. The number of benzene rings is 1. The summed E-state index contributed by atoms with van der Waals surface area (Å²) in [5, 5.41) is 1.08. The fourth-order valence-electron chi connectivity index (χ4n) is 2.15. The van der Waals surface area contributed by atoms with E-state index in [0.29, 0.717) is 6.73 Å². The highest BCUT2D eigenvalue weighted by molar-refractivity contribution is 6.76. The molecule has 0 amide bonds. The van der Waals surface area contributed by atoms with Crippen LogP contribution in [0.5, 0.6) is 0 Å². The van der Waals surface area contributed by atoms with Gasteiger partial charge in [-0.1, -0.05) is 37.8 Å². The van der Waals surface area contributed by atoms with Crippen molar-refractivity contribution in [3.8, 4) is 11.8 Å². The van der Waals surface area contributed by atoms with E-state index < -0.39 is 14.0 Å². The van der Waals surface area contributed by atoms with Crippen molar-refractivity contribution < 1.29 is 14.3 Å². The van der Waals surface area contributed by atoms with E-state index in [-0.39, 0.29) is 0 Å². The Morgan fingerprint density at radius 1 is 1.26 bits per heavy atom. The Morgan fingerprint density at radius 3 is 2.70 bits per heavy atom. The molecule has 0 radical (unpaired) electrons. The third-order valence-electron chi connectivity index (χ3n) is 3.51. The predicted octanol–water partition coefficient (Wildman–Crippen LogP) is 3.48. The van der Waals surface area contributed by atoms with Gasteiger partial charge in [-0.15, -0.1) is 0 Å². The number of aromatic nitrogens is 1. The Labute approximate surface area is 138 Å². The molecule has 2 aromatic rings. The number of para-hydroxylation sites is 1. The monoisotopic (exact) mass is 329 g/mol. The summed E-state index contributed by atoms with van der Waals surface area (Å²) in [6.07, 6.45) is 0. The van der Waals surface area contributed by atoms with Crippen molar-refractivity contribution in [2.45, 2.75) is 32.4 Å². The minimum absolute atomic E-state index is 0.434. The molecule has 0 unspecified atom stereocenters. The number of carbonyl (C=O) groups is 1. The molecule has 0 spiro atoms. The molecule has 1 aromatic heterocycles. The lowest BCUT2D eigenvalue weighted by molar-refractivity contribution is -0.133. The number of rotatable bonds is 5. The minimum atomic E-state index is -1.11. The number of hydrogen-bond donors (Lipinski definition) is 0. The average Bonchev–Trinajstić information content (AvgIpc) is 2.86. The lowest BCUT2D eigenvalue weighted by atomic mass is 10.2. The molecule has 0 atom stereocenters. The van der Waals surface area contributed by atoms with Crippen LogP contribution in [0.3, 0.4) is 0 Å². The van der Waals surface area contributed by atoms with E-state index in [0.717, 1.165) is 29.2 Å². The van der Waals surface area contributed by atoms with Crippen molar-refractivity contribution in [3.63, 3.8) is 0 Å². The average molecular weight is 329 g/mol. The molecule has 0 aliphatic heterocycles. The standard InChI is InChI=1S/C18H23NO3Si/c1-21-18(20)10-9-16-13-15-7-5-6-8-17(15)19(16)14-22-11-12-23(2,3)4/h5-8,13H,11-12,14H2,1-4H3. The normalized spacial score (nSPS) is 11.1. The molecule has 0 N–H and O–H groups in total. The van der Waals surface area contributed by atoms with Crippen LogP contribution in [-0.2, 0) is 21.0 Å². The highest BCUT2D eigenvalue weighted by atomic mass is 28.3. The number of ether oxygens (including phenoxy) is 2. The topological polar surface area (TPSA) is 40.5 Å². The van der Waals surface area contributed by atoms with Gasteiger partial charge >= 0.3 is 5.97 Å². The van der Waals surface area contributed by atoms with Crippen molar-refractivity contribution in [1.29, 1.82) is 0 Å². The molecule has 0 fully saturated rings. The lowest BCUT2D eigenvalue weighted by Crippen LogP contribution is -2.22. The van der Waals surface area contributed by atoms with Crippen LogP contribution in [0.25, 0.3) is 10.9 Å². The minimum Gasteiger partial charge on any atom is -0.459 e. The molecular weight excluding hydrogens is 306 g/mol. The summed E-state index contributed by atoms with van der Waals surface area (Å²) < 4.78 is 12.4. The molecule has 1 aromatic carbocycles. The highest BCUT2D eigenvalue weighted by Crippen LogP contribution is 2.19. The maximum absolute atomic E-state index is 11.3. The number of methoxy groups -OCH3 is 1. The zero-order valence-corrected chi connectivity index (χ0v) is 15.2. The van der Waals surface area contributed by atoms with Crippen LogP contribution in [0.1, 0.15) is 5.69 Å². The number of esters is 1. The van der Waals surface area contributed by atoms with Gasteiger partial charge in [0.05, 0.1) is 18.3 Å². The molecular formula is C18H23NO3Si. The molecule has 0 aliphatic carbocycles. The summed E-state index contributed by atoms with van der Waals surface area (Å²) in [5.41, 5.74) is 1.80. The first kappa shape index (κ1) is 17.3. The number of fused-ring (bicyclic) bond motifs is 1. The smallest absolute Gasteiger partial charge is 0.384 e. The summed E-state index contributed by atoms with van der Waals surface area (Å²) in [5.74, 6) is 4.82. The fourth-order valence-corrected chi connectivity index (χ4v) is 2.91. The zero-order valence-electron chi connectivity index (χ0n) is 14.2. The first-order valence-corrected chi connectivity index (χ1v) is 11.4. The van der Waals surface area contributed by atoms with Crippen molar-refractivity contribution >= 4 is 24.9 Å². The molecule has 23 heavy (non-hydrogen) atoms. The van der Waals surface area contributed by atoms with E-state index >= 15 is 0 Å². The molecule has 0 aliphatic rings. The van der Waals surface area contributed by atoms with Crippen LogP contribution in [0.15, 0.2) is 30.3 Å². The van der Waals surface area contributed by atoms with Gasteiger partial charge in [0.1, 0.15) is 6.73 Å². The summed E-state index contributed by atoms with van der Waals surface area (Å²) in [6, 6.07) is 11.1. The summed E-state index contributed by atoms with van der Waals surface area (Å²) in [6.45, 7) is 8.16. The lowest BCUT2D eigenvalue weighted by Gasteiger charge is -2.16. The van der Waals surface area contributed by atoms with Crippen LogP contribution in [0, 0.1) is 11.8 Å². The zero-order chi connectivity index (χ0) is 16.9. The van der Waals surface area contributed by atoms with Crippen LogP contribution >= 0.6 is 0 Å². The quantitative estimate of drug-likeness (QED) is 0.365. The van der Waals surface area contributed by atoms with Crippen LogP contribution in [-0.4, -0.2) is 32.3 Å². The van der Waals surface area contributed by atoms with Gasteiger partial charge in [0.25, 0.3) is 0 Å². The molecule has 0 saturated heterocycles. The Balaban J connectivity index is 2.21. The van der Waals surface area contributed by atoms with Gasteiger partial charge < -0.3 is 14.0 Å². The number of carbonyl (C=O) groups excluding carboxylic acids is 1.